The lowest BCUT2D eigenvalue weighted by Gasteiger charge is -2.04. The molecule has 1 N–H and O–H groups in total. The van der Waals surface area contributed by atoms with Crippen LogP contribution >= 0.6 is 11.3 Å². The Morgan fingerprint density at radius 2 is 2.24 bits per heavy atom. The van der Waals surface area contributed by atoms with Gasteiger partial charge in [0.25, 0.3) is 5.91 Å². The Morgan fingerprint density at radius 3 is 2.86 bits per heavy atom. The zero-order valence-corrected chi connectivity index (χ0v) is 12.3. The summed E-state index contributed by atoms with van der Waals surface area (Å²) in [5.41, 5.74) is 3.51. The topological polar surface area (TPSA) is 59.8 Å². The average Bonchev–Trinajstić information content (AvgIpc) is 3.17. The summed E-state index contributed by atoms with van der Waals surface area (Å²) in [6.45, 7) is 0.467. The van der Waals surface area contributed by atoms with Crippen molar-refractivity contribution in [3.63, 3.8) is 0 Å². The van der Waals surface area contributed by atoms with Gasteiger partial charge in [-0.3, -0.25) is 14.5 Å². The summed E-state index contributed by atoms with van der Waals surface area (Å²) >= 11 is 1.51. The van der Waals surface area contributed by atoms with Crippen molar-refractivity contribution in [2.75, 3.05) is 0 Å². The van der Waals surface area contributed by atoms with Crippen molar-refractivity contribution < 1.29 is 4.79 Å². The van der Waals surface area contributed by atoms with E-state index < -0.39 is 0 Å². The molecule has 0 saturated heterocycles. The maximum Gasteiger partial charge on any atom is 0.252 e. The second-order valence-corrected chi connectivity index (χ2v) is 5.43. The number of carbonyl (C=O) groups excluding carboxylic acids is 1. The van der Waals surface area contributed by atoms with Crippen LogP contribution in [0.1, 0.15) is 15.9 Å². The molecule has 5 nitrogen and oxygen atoms in total. The number of nitrogens with one attached hydrogen (secondary N) is 1. The van der Waals surface area contributed by atoms with Gasteiger partial charge in [-0.15, -0.1) is 0 Å². The molecule has 0 aliphatic carbocycles. The molecule has 3 heterocycles. The highest BCUT2D eigenvalue weighted by Gasteiger charge is 2.06. The van der Waals surface area contributed by atoms with Gasteiger partial charge >= 0.3 is 0 Å². The summed E-state index contributed by atoms with van der Waals surface area (Å²) < 4.78 is 1.74. The number of rotatable bonds is 4. The van der Waals surface area contributed by atoms with E-state index in [9.17, 15) is 4.79 Å². The van der Waals surface area contributed by atoms with Crippen LogP contribution in [0.15, 0.2) is 47.5 Å². The van der Waals surface area contributed by atoms with Gasteiger partial charge in [0.2, 0.25) is 0 Å². The quantitative estimate of drug-likeness (QED) is 0.805. The van der Waals surface area contributed by atoms with E-state index in [1.807, 2.05) is 42.2 Å². The smallest absolute Gasteiger partial charge is 0.252 e. The molecule has 3 aromatic rings. The van der Waals surface area contributed by atoms with Crippen molar-refractivity contribution in [3.05, 3.63) is 58.7 Å². The predicted octanol–water partition coefficient (Wildman–Crippen LogP) is 2.47. The third-order valence-electron chi connectivity index (χ3n) is 3.06. The van der Waals surface area contributed by atoms with Gasteiger partial charge in [0.15, 0.2) is 0 Å². The lowest BCUT2D eigenvalue weighted by atomic mass is 10.2. The SMILES string of the molecule is Cn1cc(-c2ccc(CNC(=O)c3ccsc3)cn2)cn1. The highest BCUT2D eigenvalue weighted by Crippen LogP contribution is 2.15. The summed E-state index contributed by atoms with van der Waals surface area (Å²) in [7, 11) is 1.87. The zero-order valence-electron chi connectivity index (χ0n) is 11.5. The molecule has 0 radical (unpaired) electrons. The molecule has 0 spiro atoms. The van der Waals surface area contributed by atoms with Crippen LogP contribution in [0.5, 0.6) is 0 Å². The van der Waals surface area contributed by atoms with Gasteiger partial charge < -0.3 is 5.32 Å². The van der Waals surface area contributed by atoms with E-state index in [0.29, 0.717) is 12.1 Å². The summed E-state index contributed by atoms with van der Waals surface area (Å²) in [6, 6.07) is 5.70. The van der Waals surface area contributed by atoms with Crippen LogP contribution < -0.4 is 5.32 Å². The van der Waals surface area contributed by atoms with Gasteiger partial charge in [-0.1, -0.05) is 6.07 Å². The van der Waals surface area contributed by atoms with E-state index in [1.165, 1.54) is 11.3 Å². The Hall–Kier alpha value is -2.47. The first kappa shape index (κ1) is 13.5. The van der Waals surface area contributed by atoms with Crippen molar-refractivity contribution in [2.45, 2.75) is 6.54 Å². The molecule has 0 bridgehead atoms. The molecule has 0 unspecified atom stereocenters. The Morgan fingerprint density at radius 1 is 1.33 bits per heavy atom. The van der Waals surface area contributed by atoms with Crippen molar-refractivity contribution in [3.8, 4) is 11.3 Å². The standard InChI is InChI=1S/C15H14N4OS/c1-19-9-13(8-18-19)14-3-2-11(6-16-14)7-17-15(20)12-4-5-21-10-12/h2-6,8-10H,7H2,1H3,(H,17,20). The maximum atomic E-state index is 11.8. The van der Waals surface area contributed by atoms with Crippen molar-refractivity contribution in [1.82, 2.24) is 20.1 Å². The molecule has 0 saturated carbocycles. The first-order valence-electron chi connectivity index (χ1n) is 6.47. The number of carbonyl (C=O) groups is 1. The van der Waals surface area contributed by atoms with Crippen LogP contribution in [-0.4, -0.2) is 20.7 Å². The van der Waals surface area contributed by atoms with Gasteiger partial charge in [0, 0.05) is 42.5 Å². The lowest BCUT2D eigenvalue weighted by molar-refractivity contribution is 0.0951. The molecule has 0 aliphatic rings. The number of amides is 1. The second kappa shape index (κ2) is 5.88. The van der Waals surface area contributed by atoms with Crippen LogP contribution in [0.2, 0.25) is 0 Å². The molecular weight excluding hydrogens is 284 g/mol. The minimum absolute atomic E-state index is 0.0624. The Kier molecular flexibility index (Phi) is 3.79. The van der Waals surface area contributed by atoms with Gasteiger partial charge in [-0.2, -0.15) is 16.4 Å². The first-order valence-corrected chi connectivity index (χ1v) is 7.41. The monoisotopic (exact) mass is 298 g/mol. The first-order chi connectivity index (χ1) is 10.2. The normalized spacial score (nSPS) is 10.5. The highest BCUT2D eigenvalue weighted by atomic mass is 32.1. The maximum absolute atomic E-state index is 11.8. The van der Waals surface area contributed by atoms with Crippen LogP contribution in [0.3, 0.4) is 0 Å². The third-order valence-corrected chi connectivity index (χ3v) is 3.75. The number of thiophene rings is 1. The van der Waals surface area contributed by atoms with Crippen molar-refractivity contribution in [1.29, 1.82) is 0 Å². The van der Waals surface area contributed by atoms with Crippen LogP contribution in [0.4, 0.5) is 0 Å². The molecule has 0 atom stereocenters. The van der Waals surface area contributed by atoms with Crippen LogP contribution in [-0.2, 0) is 13.6 Å². The molecular formula is C15H14N4OS. The van der Waals surface area contributed by atoms with Gasteiger partial charge in [0.05, 0.1) is 11.9 Å². The van der Waals surface area contributed by atoms with E-state index in [4.69, 9.17) is 0 Å². The summed E-state index contributed by atoms with van der Waals surface area (Å²) in [5, 5.41) is 10.7. The highest BCUT2D eigenvalue weighted by molar-refractivity contribution is 7.08. The predicted molar refractivity (Wildman–Crippen MR) is 81.9 cm³/mol. The van der Waals surface area contributed by atoms with E-state index >= 15 is 0 Å². The molecule has 0 aliphatic heterocycles. The molecule has 21 heavy (non-hydrogen) atoms. The van der Waals surface area contributed by atoms with Crippen LogP contribution in [0, 0.1) is 0 Å². The van der Waals surface area contributed by atoms with E-state index in [1.54, 1.807) is 17.1 Å². The molecule has 106 valence electrons. The van der Waals surface area contributed by atoms with E-state index in [2.05, 4.69) is 15.4 Å². The fraction of sp³-hybridized carbons (Fsp3) is 0.133. The number of aromatic nitrogens is 3. The number of aryl methyl sites for hydroxylation is 1. The third kappa shape index (κ3) is 3.17. The van der Waals surface area contributed by atoms with Gasteiger partial charge in [0.1, 0.15) is 0 Å². The zero-order chi connectivity index (χ0) is 14.7. The minimum Gasteiger partial charge on any atom is -0.348 e. The molecule has 0 aromatic carbocycles. The second-order valence-electron chi connectivity index (χ2n) is 4.65. The number of hydrogen-bond donors (Lipinski definition) is 1. The largest absolute Gasteiger partial charge is 0.348 e. The average molecular weight is 298 g/mol. The molecule has 3 rings (SSSR count). The Labute approximate surface area is 126 Å². The summed E-state index contributed by atoms with van der Waals surface area (Å²) in [5.74, 6) is -0.0624. The molecule has 0 fully saturated rings. The Balaban J connectivity index is 1.63. The van der Waals surface area contributed by atoms with Crippen molar-refractivity contribution in [2.24, 2.45) is 7.05 Å². The van der Waals surface area contributed by atoms with E-state index in [0.717, 1.165) is 16.8 Å². The summed E-state index contributed by atoms with van der Waals surface area (Å²) in [4.78, 5) is 16.2. The fourth-order valence-corrected chi connectivity index (χ4v) is 2.57. The fourth-order valence-electron chi connectivity index (χ4n) is 1.93. The van der Waals surface area contributed by atoms with Crippen LogP contribution in [0.25, 0.3) is 11.3 Å². The van der Waals surface area contributed by atoms with Gasteiger partial charge in [-0.25, -0.2) is 0 Å². The van der Waals surface area contributed by atoms with Crippen molar-refractivity contribution >= 4 is 17.2 Å². The Bertz CT molecular complexity index is 731. The van der Waals surface area contributed by atoms with E-state index in [-0.39, 0.29) is 5.91 Å². The molecule has 3 aromatic heterocycles. The number of hydrogen-bond acceptors (Lipinski definition) is 4. The lowest BCUT2D eigenvalue weighted by Crippen LogP contribution is -2.22. The minimum atomic E-state index is -0.0624. The van der Waals surface area contributed by atoms with Gasteiger partial charge in [-0.05, 0) is 23.1 Å². The number of pyridine rings is 1. The number of nitrogens with zero attached hydrogens (tertiary/aromatic N) is 3. The molecule has 1 amide bonds. The molecule has 6 heteroatoms. The summed E-state index contributed by atoms with van der Waals surface area (Å²) in [6.07, 6.45) is 5.47.